The average Bonchev–Trinajstić information content (AvgIpc) is 4.16. The molecule has 0 saturated heterocycles. The molecule has 0 bridgehead atoms. The Morgan fingerprint density at radius 2 is 1.17 bits per heavy atom. The molecule has 2 saturated carbocycles. The average molecular weight is 882 g/mol. The lowest BCUT2D eigenvalue weighted by Gasteiger charge is -2.19. The lowest BCUT2D eigenvalue weighted by Crippen LogP contribution is -2.45. The largest absolute Gasteiger partial charge is 0.449 e. The first-order chi connectivity index (χ1) is 31.3. The minimum absolute atomic E-state index is 0.0555. The number of hydrogen-bond acceptors (Lipinski definition) is 14. The van der Waals surface area contributed by atoms with E-state index in [0.29, 0.717) is 83.9 Å². The molecule has 7 N–H and O–H groups in total. The summed E-state index contributed by atoms with van der Waals surface area (Å²) in [7, 11) is 0. The molecule has 4 unspecified atom stereocenters. The maximum atomic E-state index is 12.8. The highest BCUT2D eigenvalue weighted by Gasteiger charge is 2.50. The summed E-state index contributed by atoms with van der Waals surface area (Å²) in [5, 5.41) is 21.9. The van der Waals surface area contributed by atoms with Crippen LogP contribution in [0.4, 0.5) is 20.1 Å². The smallest absolute Gasteiger partial charge is 0.407 e. The van der Waals surface area contributed by atoms with Gasteiger partial charge >= 0.3 is 18.3 Å². The lowest BCUT2D eigenvalue weighted by atomic mass is 10.1. The molecule has 5 amide bonds. The predicted molar refractivity (Wildman–Crippen MR) is 236 cm³/mol. The zero-order valence-electron chi connectivity index (χ0n) is 36.0. The van der Waals surface area contributed by atoms with Gasteiger partial charge in [-0.1, -0.05) is 30.4 Å². The van der Waals surface area contributed by atoms with Crippen molar-refractivity contribution in [1.82, 2.24) is 42.1 Å². The Morgan fingerprint density at radius 3 is 1.69 bits per heavy atom. The Kier molecular flexibility index (Phi) is 16.5. The minimum Gasteiger partial charge on any atom is -0.449 e. The summed E-state index contributed by atoms with van der Waals surface area (Å²) >= 11 is 0. The third kappa shape index (κ3) is 14.0. The van der Waals surface area contributed by atoms with Crippen LogP contribution in [0, 0.1) is 35.5 Å². The second-order valence-electron chi connectivity index (χ2n) is 16.7. The molecular formula is C45H59N11O8. The molecule has 3 heterocycles. The standard InChI is InChI=1S/C45H59N11O8/c57-39(17-11-18-40(58)52-29-19-20-38(49-24-29)42-55-53-41(54-56-42)37-16-9-10-21-46-37)47-22-23-48-45(61)64-30(25-50-43(59)62-27-35-31-12-5-1-2-6-13-32(31)35)26-51-44(60)63-28-36-33-14-7-3-4-8-15-34(33)36/h1-4,9-10,16,19-21,24,30-36H,5-8,11-15,17-18,22-23,25-28H2,(H,47,57)(H,48,61)(H,50,59)(H,51,60)(H,52,58)(H,53,54)(H,55,56)/b2-1-,4-3-. The van der Waals surface area contributed by atoms with Gasteiger partial charge in [0.05, 0.1) is 38.2 Å². The number of hydrogen-bond donors (Lipinski definition) is 7. The van der Waals surface area contributed by atoms with E-state index >= 15 is 0 Å². The van der Waals surface area contributed by atoms with Gasteiger partial charge in [-0.2, -0.15) is 10.2 Å². The number of pyridine rings is 2. The van der Waals surface area contributed by atoms with E-state index in [2.05, 4.69) is 81.9 Å². The zero-order chi connectivity index (χ0) is 44.5. The van der Waals surface area contributed by atoms with E-state index in [1.54, 1.807) is 30.5 Å². The van der Waals surface area contributed by atoms with E-state index in [0.717, 1.165) is 51.4 Å². The van der Waals surface area contributed by atoms with Crippen molar-refractivity contribution in [2.24, 2.45) is 45.7 Å². The Balaban J connectivity index is 0.767. The molecule has 19 heteroatoms. The van der Waals surface area contributed by atoms with Crippen molar-refractivity contribution in [1.29, 1.82) is 0 Å². The molecule has 2 aromatic heterocycles. The number of aromatic nitrogens is 2. The fourth-order valence-corrected chi connectivity index (χ4v) is 8.77. The quantitative estimate of drug-likeness (QED) is 0.0588. The summed E-state index contributed by atoms with van der Waals surface area (Å²) in [4.78, 5) is 71.7. The summed E-state index contributed by atoms with van der Waals surface area (Å²) < 4.78 is 16.6. The van der Waals surface area contributed by atoms with Gasteiger partial charge in [-0.3, -0.25) is 30.4 Å². The molecule has 19 nitrogen and oxygen atoms in total. The van der Waals surface area contributed by atoms with E-state index in [1.165, 1.54) is 6.20 Å². The van der Waals surface area contributed by atoms with Crippen molar-refractivity contribution in [3.63, 3.8) is 0 Å². The number of allylic oxidation sites excluding steroid dienone is 4. The first kappa shape index (κ1) is 45.5. The molecule has 0 radical (unpaired) electrons. The molecular weight excluding hydrogens is 823 g/mol. The number of fused-ring (bicyclic) bond motifs is 2. The monoisotopic (exact) mass is 881 g/mol. The number of rotatable bonds is 19. The van der Waals surface area contributed by atoms with Crippen LogP contribution in [0.25, 0.3) is 0 Å². The van der Waals surface area contributed by atoms with Gasteiger partial charge < -0.3 is 40.8 Å². The molecule has 1 aliphatic heterocycles. The molecule has 2 aromatic rings. The number of carbonyl (C=O) groups is 5. The molecule has 342 valence electrons. The molecule has 4 atom stereocenters. The van der Waals surface area contributed by atoms with Crippen LogP contribution in [0.3, 0.4) is 0 Å². The maximum absolute atomic E-state index is 12.8. The number of carbonyl (C=O) groups excluding carboxylic acids is 5. The normalized spacial score (nSPS) is 24.3. The summed E-state index contributed by atoms with van der Waals surface area (Å²) in [6.45, 7) is 0.635. The SMILES string of the molecule is O=C(CCCC(=O)Nc1ccc(C2=NNC(c3ccccn3)=NN2)nc1)NCCNC(=O)OC(CNC(=O)OCC1C2CC/C=C\CCC21)CNC(=O)OCC1C2CC/C=C\CCC21. The molecule has 7 rings (SSSR count). The van der Waals surface area contributed by atoms with Gasteiger partial charge in [0.2, 0.25) is 11.8 Å². The first-order valence-electron chi connectivity index (χ1n) is 22.5. The van der Waals surface area contributed by atoms with Crippen molar-refractivity contribution in [3.05, 3.63) is 78.4 Å². The summed E-state index contributed by atoms with van der Waals surface area (Å²) in [5.41, 5.74) is 7.31. The second-order valence-corrected chi connectivity index (χ2v) is 16.7. The van der Waals surface area contributed by atoms with Gasteiger partial charge in [-0.15, -0.1) is 0 Å². The van der Waals surface area contributed by atoms with Gasteiger partial charge in [0, 0.05) is 32.1 Å². The zero-order valence-corrected chi connectivity index (χ0v) is 36.0. The van der Waals surface area contributed by atoms with Crippen LogP contribution in [0.15, 0.2) is 77.2 Å². The van der Waals surface area contributed by atoms with Crippen molar-refractivity contribution in [2.45, 2.75) is 76.7 Å². The van der Waals surface area contributed by atoms with Crippen molar-refractivity contribution >= 4 is 47.5 Å². The van der Waals surface area contributed by atoms with Crippen molar-refractivity contribution in [2.75, 3.05) is 44.7 Å². The number of nitrogens with zero attached hydrogens (tertiary/aromatic N) is 4. The highest BCUT2D eigenvalue weighted by atomic mass is 16.6. The van der Waals surface area contributed by atoms with Gasteiger partial charge in [0.15, 0.2) is 11.7 Å². The fourth-order valence-electron chi connectivity index (χ4n) is 8.77. The number of ether oxygens (including phenoxy) is 3. The molecule has 64 heavy (non-hydrogen) atoms. The van der Waals surface area contributed by atoms with E-state index in [9.17, 15) is 24.0 Å². The minimum atomic E-state index is -0.931. The van der Waals surface area contributed by atoms with E-state index in [1.807, 2.05) is 6.07 Å². The molecule has 0 aromatic carbocycles. The third-order valence-electron chi connectivity index (χ3n) is 12.3. The predicted octanol–water partition coefficient (Wildman–Crippen LogP) is 4.45. The summed E-state index contributed by atoms with van der Waals surface area (Å²) in [6, 6.07) is 8.82. The van der Waals surface area contributed by atoms with Crippen LogP contribution in [-0.2, 0) is 23.8 Å². The molecule has 2 fully saturated rings. The van der Waals surface area contributed by atoms with Crippen LogP contribution in [0.1, 0.15) is 82.0 Å². The number of anilines is 1. The van der Waals surface area contributed by atoms with Crippen LogP contribution in [0.2, 0.25) is 0 Å². The third-order valence-corrected chi connectivity index (χ3v) is 12.3. The number of amidine groups is 2. The van der Waals surface area contributed by atoms with E-state index in [4.69, 9.17) is 14.2 Å². The Bertz CT molecular complexity index is 1960. The molecule has 0 spiro atoms. The van der Waals surface area contributed by atoms with Gasteiger partial charge in [0.25, 0.3) is 0 Å². The topological polar surface area (TPSA) is 248 Å². The Labute approximate surface area is 372 Å². The highest BCUT2D eigenvalue weighted by Crippen LogP contribution is 2.53. The van der Waals surface area contributed by atoms with Crippen LogP contribution in [-0.4, -0.2) is 97.2 Å². The fraction of sp³-hybridized carbons (Fsp3) is 0.533. The Morgan fingerprint density at radius 1 is 0.625 bits per heavy atom. The number of alkyl carbamates (subject to hydrolysis) is 3. The number of hydrazone groups is 2. The van der Waals surface area contributed by atoms with Gasteiger partial charge in [-0.05, 0) is 118 Å². The van der Waals surface area contributed by atoms with E-state index < -0.39 is 24.4 Å². The summed E-state index contributed by atoms with van der Waals surface area (Å²) in [6.07, 6.45) is 18.2. The number of nitrogens with one attached hydrogen (secondary N) is 7. The lowest BCUT2D eigenvalue weighted by molar-refractivity contribution is -0.121. The highest BCUT2D eigenvalue weighted by molar-refractivity contribution is 6.04. The van der Waals surface area contributed by atoms with Gasteiger partial charge in [-0.25, -0.2) is 14.4 Å². The van der Waals surface area contributed by atoms with Crippen molar-refractivity contribution < 1.29 is 38.2 Å². The van der Waals surface area contributed by atoms with Crippen LogP contribution < -0.4 is 37.4 Å². The van der Waals surface area contributed by atoms with Gasteiger partial charge in [0.1, 0.15) is 17.5 Å². The molecule has 4 aliphatic carbocycles. The van der Waals surface area contributed by atoms with Crippen LogP contribution in [0.5, 0.6) is 0 Å². The van der Waals surface area contributed by atoms with E-state index in [-0.39, 0.29) is 50.8 Å². The van der Waals surface area contributed by atoms with Crippen molar-refractivity contribution in [3.8, 4) is 0 Å². The number of amides is 5. The van der Waals surface area contributed by atoms with Crippen LogP contribution >= 0.6 is 0 Å². The first-order valence-corrected chi connectivity index (χ1v) is 22.5. The summed E-state index contributed by atoms with van der Waals surface area (Å²) in [5.74, 6) is 3.31. The maximum Gasteiger partial charge on any atom is 0.407 e. The second kappa shape index (κ2) is 23.2. The Hall–Kier alpha value is -6.53. The molecule has 5 aliphatic rings.